The fourth-order valence-corrected chi connectivity index (χ4v) is 3.75. The number of carbonyl (C=O) groups excluding carboxylic acids is 2. The molecule has 0 aromatic heterocycles. The highest BCUT2D eigenvalue weighted by Crippen LogP contribution is 2.37. The second-order valence-corrected chi connectivity index (χ2v) is 7.20. The number of piperidine rings is 1. The Morgan fingerprint density at radius 1 is 1.07 bits per heavy atom. The average molecular weight is 372 g/mol. The summed E-state index contributed by atoms with van der Waals surface area (Å²) < 4.78 is 10.6. The molecule has 2 heterocycles. The predicted molar refractivity (Wildman–Crippen MR) is 103 cm³/mol. The number of likely N-dealkylation sites (tertiary alicyclic amines) is 1. The number of methoxy groups -OCH3 is 2. The Bertz CT molecular complexity index is 735. The van der Waals surface area contributed by atoms with Crippen molar-refractivity contribution in [1.82, 2.24) is 9.80 Å². The highest BCUT2D eigenvalue weighted by molar-refractivity contribution is 6.36. The summed E-state index contributed by atoms with van der Waals surface area (Å²) in [5.41, 5.74) is 1.67. The van der Waals surface area contributed by atoms with Gasteiger partial charge in [0.15, 0.2) is 0 Å². The number of para-hydroxylation sites is 1. The fraction of sp³-hybridized carbons (Fsp3) is 0.524. The lowest BCUT2D eigenvalue weighted by molar-refractivity contribution is -0.137. The molecule has 0 atom stereocenters. The maximum absolute atomic E-state index is 13.2. The first kappa shape index (κ1) is 19.4. The van der Waals surface area contributed by atoms with Crippen LogP contribution in [0.15, 0.2) is 30.0 Å². The second kappa shape index (κ2) is 8.57. The summed E-state index contributed by atoms with van der Waals surface area (Å²) in [6.07, 6.45) is 2.67. The molecule has 0 aliphatic carbocycles. The van der Waals surface area contributed by atoms with Crippen molar-refractivity contribution in [3.63, 3.8) is 0 Å². The number of ether oxygens (including phenoxy) is 2. The van der Waals surface area contributed by atoms with Crippen molar-refractivity contribution in [2.75, 3.05) is 40.5 Å². The maximum atomic E-state index is 13.2. The second-order valence-electron chi connectivity index (χ2n) is 7.20. The number of rotatable bonds is 7. The molecule has 1 fully saturated rings. The van der Waals surface area contributed by atoms with Crippen LogP contribution < -0.4 is 4.74 Å². The van der Waals surface area contributed by atoms with Gasteiger partial charge in [0.25, 0.3) is 11.8 Å². The number of nitrogens with zero attached hydrogens (tertiary/aromatic N) is 2. The zero-order chi connectivity index (χ0) is 19.4. The van der Waals surface area contributed by atoms with Crippen molar-refractivity contribution in [3.8, 4) is 5.75 Å². The third-order valence-electron chi connectivity index (χ3n) is 5.35. The zero-order valence-electron chi connectivity index (χ0n) is 16.4. The Hall–Kier alpha value is -2.34. The van der Waals surface area contributed by atoms with Crippen LogP contribution in [0, 0.1) is 5.92 Å². The van der Waals surface area contributed by atoms with Gasteiger partial charge in [-0.2, -0.15) is 0 Å². The van der Waals surface area contributed by atoms with Crippen LogP contribution in [0.5, 0.6) is 5.75 Å². The van der Waals surface area contributed by atoms with Gasteiger partial charge < -0.3 is 14.4 Å². The van der Waals surface area contributed by atoms with Gasteiger partial charge in [-0.3, -0.25) is 14.5 Å². The molecule has 1 aromatic carbocycles. The topological polar surface area (TPSA) is 59.1 Å². The van der Waals surface area contributed by atoms with Gasteiger partial charge in [-0.15, -0.1) is 0 Å². The Balaban J connectivity index is 2.01. The number of amides is 2. The molecule has 0 saturated carbocycles. The van der Waals surface area contributed by atoms with Crippen molar-refractivity contribution < 1.29 is 19.1 Å². The van der Waals surface area contributed by atoms with Crippen LogP contribution in [-0.2, 0) is 14.3 Å². The first-order valence-corrected chi connectivity index (χ1v) is 9.56. The zero-order valence-corrected chi connectivity index (χ0v) is 16.4. The van der Waals surface area contributed by atoms with E-state index in [-0.39, 0.29) is 11.8 Å². The molecule has 2 aliphatic heterocycles. The highest BCUT2D eigenvalue weighted by Gasteiger charge is 2.42. The molecule has 146 valence electrons. The molecule has 27 heavy (non-hydrogen) atoms. The molecular formula is C21H28N2O4. The van der Waals surface area contributed by atoms with Gasteiger partial charge >= 0.3 is 0 Å². The molecule has 3 rings (SSSR count). The Morgan fingerprint density at radius 3 is 2.44 bits per heavy atom. The smallest absolute Gasteiger partial charge is 0.277 e. The molecule has 1 aromatic rings. The van der Waals surface area contributed by atoms with Crippen LogP contribution in [0.1, 0.15) is 31.7 Å². The van der Waals surface area contributed by atoms with Gasteiger partial charge in [0.1, 0.15) is 11.4 Å². The minimum Gasteiger partial charge on any atom is -0.496 e. The van der Waals surface area contributed by atoms with Crippen LogP contribution in [0.3, 0.4) is 0 Å². The number of benzene rings is 1. The Kier molecular flexibility index (Phi) is 6.16. The van der Waals surface area contributed by atoms with Crippen LogP contribution in [-0.4, -0.2) is 62.1 Å². The van der Waals surface area contributed by atoms with Gasteiger partial charge in [-0.1, -0.05) is 25.1 Å². The van der Waals surface area contributed by atoms with E-state index in [0.29, 0.717) is 48.1 Å². The summed E-state index contributed by atoms with van der Waals surface area (Å²) in [4.78, 5) is 29.9. The molecule has 6 nitrogen and oxygen atoms in total. The van der Waals surface area contributed by atoms with Gasteiger partial charge in [0, 0.05) is 38.9 Å². The molecule has 2 aliphatic rings. The van der Waals surface area contributed by atoms with Gasteiger partial charge in [0.05, 0.1) is 12.7 Å². The monoisotopic (exact) mass is 372 g/mol. The number of hydrogen-bond donors (Lipinski definition) is 0. The number of carbonyl (C=O) groups is 2. The highest BCUT2D eigenvalue weighted by atomic mass is 16.5. The summed E-state index contributed by atoms with van der Waals surface area (Å²) >= 11 is 0. The summed E-state index contributed by atoms with van der Waals surface area (Å²) in [7, 11) is 3.20. The molecule has 0 spiro atoms. The lowest BCUT2D eigenvalue weighted by Gasteiger charge is -2.32. The molecule has 0 unspecified atom stereocenters. The maximum Gasteiger partial charge on any atom is 0.277 e. The molecular weight excluding hydrogens is 344 g/mol. The van der Waals surface area contributed by atoms with Crippen LogP contribution >= 0.6 is 0 Å². The van der Waals surface area contributed by atoms with E-state index < -0.39 is 0 Å². The molecule has 0 N–H and O–H groups in total. The average Bonchev–Trinajstić information content (AvgIpc) is 2.93. The third-order valence-corrected chi connectivity index (χ3v) is 5.35. The molecule has 1 saturated heterocycles. The van der Waals surface area contributed by atoms with E-state index in [4.69, 9.17) is 9.47 Å². The van der Waals surface area contributed by atoms with Gasteiger partial charge in [-0.05, 0) is 31.2 Å². The number of hydrogen-bond acceptors (Lipinski definition) is 5. The summed E-state index contributed by atoms with van der Waals surface area (Å²) in [5, 5.41) is 0. The van der Waals surface area contributed by atoms with Crippen LogP contribution in [0.4, 0.5) is 0 Å². The van der Waals surface area contributed by atoms with Crippen molar-refractivity contribution in [3.05, 3.63) is 35.5 Å². The quantitative estimate of drug-likeness (QED) is 0.544. The van der Waals surface area contributed by atoms with Crippen molar-refractivity contribution in [2.24, 2.45) is 5.92 Å². The fourth-order valence-electron chi connectivity index (χ4n) is 3.75. The summed E-state index contributed by atoms with van der Waals surface area (Å²) in [6.45, 7) is 4.68. The SMILES string of the molecule is COCCCN1C(=O)C(c2ccccc2OC)=C(N2CCC(C)CC2)C1=O. The minimum atomic E-state index is -0.241. The van der Waals surface area contributed by atoms with Crippen molar-refractivity contribution >= 4 is 17.4 Å². The molecule has 0 radical (unpaired) electrons. The van der Waals surface area contributed by atoms with Crippen molar-refractivity contribution in [2.45, 2.75) is 26.2 Å². The number of imide groups is 1. The lowest BCUT2D eigenvalue weighted by Crippen LogP contribution is -2.39. The van der Waals surface area contributed by atoms with Crippen LogP contribution in [0.2, 0.25) is 0 Å². The minimum absolute atomic E-state index is 0.202. The van der Waals surface area contributed by atoms with Gasteiger partial charge in [-0.25, -0.2) is 0 Å². The van der Waals surface area contributed by atoms with E-state index in [0.717, 1.165) is 25.9 Å². The summed E-state index contributed by atoms with van der Waals surface area (Å²) in [6, 6.07) is 7.41. The molecule has 0 bridgehead atoms. The standard InChI is InChI=1S/C21H28N2O4/c1-15-9-12-22(13-10-15)19-18(16-7-4-5-8-17(16)27-3)20(24)23(21(19)25)11-6-14-26-2/h4-5,7-8,15H,6,9-14H2,1-3H3. The predicted octanol–water partition coefficient (Wildman–Crippen LogP) is 2.54. The first-order valence-electron chi connectivity index (χ1n) is 9.56. The van der Waals surface area contributed by atoms with Crippen LogP contribution in [0.25, 0.3) is 5.57 Å². The largest absolute Gasteiger partial charge is 0.496 e. The first-order chi connectivity index (χ1) is 13.1. The summed E-state index contributed by atoms with van der Waals surface area (Å²) in [5.74, 6) is 0.803. The van der Waals surface area contributed by atoms with Gasteiger partial charge in [0.2, 0.25) is 0 Å². The van der Waals surface area contributed by atoms with E-state index in [1.165, 1.54) is 4.90 Å². The Morgan fingerprint density at radius 2 is 1.78 bits per heavy atom. The lowest BCUT2D eigenvalue weighted by atomic mass is 9.97. The Labute approximate surface area is 160 Å². The van der Waals surface area contributed by atoms with E-state index in [2.05, 4.69) is 11.8 Å². The van der Waals surface area contributed by atoms with E-state index in [1.54, 1.807) is 14.2 Å². The van der Waals surface area contributed by atoms with E-state index >= 15 is 0 Å². The normalized spacial score (nSPS) is 18.6. The van der Waals surface area contributed by atoms with E-state index in [9.17, 15) is 9.59 Å². The third kappa shape index (κ3) is 3.86. The van der Waals surface area contributed by atoms with Crippen molar-refractivity contribution in [1.29, 1.82) is 0 Å². The molecule has 2 amide bonds. The molecule has 6 heteroatoms. The van der Waals surface area contributed by atoms with E-state index in [1.807, 2.05) is 24.3 Å².